The minimum atomic E-state index is -0.339. The Morgan fingerprint density at radius 1 is 1.10 bits per heavy atom. The van der Waals surface area contributed by atoms with Crippen molar-refractivity contribution in [3.05, 3.63) is 60.2 Å². The van der Waals surface area contributed by atoms with Gasteiger partial charge in [0.15, 0.2) is 5.75 Å². The quantitative estimate of drug-likeness (QED) is 0.713. The fraction of sp³-hybridized carbons (Fsp3) is 0.0625. The molecule has 20 heavy (non-hydrogen) atoms. The van der Waals surface area contributed by atoms with Gasteiger partial charge < -0.3 is 10.5 Å². The lowest BCUT2D eigenvalue weighted by molar-refractivity contribution is 0.475. The molecular weight excluding hydrogens is 255 g/mol. The number of pyridine rings is 1. The summed E-state index contributed by atoms with van der Waals surface area (Å²) in [4.78, 5) is 4.05. The zero-order valence-corrected chi connectivity index (χ0v) is 10.9. The van der Waals surface area contributed by atoms with E-state index in [0.29, 0.717) is 17.2 Å². The van der Waals surface area contributed by atoms with Gasteiger partial charge in [0, 0.05) is 29.2 Å². The Balaban J connectivity index is 2.07. The zero-order valence-electron chi connectivity index (χ0n) is 10.9. The highest BCUT2D eigenvalue weighted by molar-refractivity contribution is 5.95. The molecule has 1 heterocycles. The number of hydrogen-bond acceptors (Lipinski definition) is 3. The van der Waals surface area contributed by atoms with Crippen molar-refractivity contribution in [2.75, 3.05) is 5.73 Å². The number of halogens is 1. The van der Waals surface area contributed by atoms with Gasteiger partial charge in [-0.3, -0.25) is 4.98 Å². The molecule has 3 aromatic rings. The van der Waals surface area contributed by atoms with Gasteiger partial charge in [0.25, 0.3) is 0 Å². The monoisotopic (exact) mass is 268 g/mol. The van der Waals surface area contributed by atoms with Crippen LogP contribution in [0.2, 0.25) is 0 Å². The molecule has 0 fully saturated rings. The number of fused-ring (bicyclic) bond motifs is 1. The molecule has 1 aromatic heterocycles. The summed E-state index contributed by atoms with van der Waals surface area (Å²) in [7, 11) is 0. The maximum absolute atomic E-state index is 13.3. The molecule has 2 N–H and O–H groups in total. The highest BCUT2D eigenvalue weighted by atomic mass is 19.1. The van der Waals surface area contributed by atoms with Crippen molar-refractivity contribution in [2.45, 2.75) is 6.92 Å². The van der Waals surface area contributed by atoms with E-state index in [-0.39, 0.29) is 5.82 Å². The van der Waals surface area contributed by atoms with Crippen LogP contribution in [0.15, 0.2) is 48.8 Å². The third kappa shape index (κ3) is 2.16. The Hall–Kier alpha value is -2.62. The van der Waals surface area contributed by atoms with Crippen molar-refractivity contribution in [3.63, 3.8) is 0 Å². The van der Waals surface area contributed by atoms with Gasteiger partial charge in [-0.15, -0.1) is 0 Å². The summed E-state index contributed by atoms with van der Waals surface area (Å²) >= 11 is 0. The summed E-state index contributed by atoms with van der Waals surface area (Å²) < 4.78 is 19.0. The minimum Gasteiger partial charge on any atom is -0.455 e. The van der Waals surface area contributed by atoms with Gasteiger partial charge in [0.2, 0.25) is 0 Å². The molecule has 0 spiro atoms. The van der Waals surface area contributed by atoms with E-state index < -0.39 is 0 Å². The highest BCUT2D eigenvalue weighted by Gasteiger charge is 2.09. The second kappa shape index (κ2) is 4.81. The number of nitrogen functional groups attached to an aromatic ring is 1. The van der Waals surface area contributed by atoms with Crippen LogP contribution in [0.5, 0.6) is 11.5 Å². The number of benzene rings is 2. The van der Waals surface area contributed by atoms with E-state index in [2.05, 4.69) is 4.98 Å². The smallest absolute Gasteiger partial charge is 0.150 e. The van der Waals surface area contributed by atoms with Gasteiger partial charge >= 0.3 is 0 Å². The molecule has 0 aliphatic heterocycles. The molecule has 0 saturated carbocycles. The van der Waals surface area contributed by atoms with E-state index in [9.17, 15) is 4.39 Å². The summed E-state index contributed by atoms with van der Waals surface area (Å²) in [5, 5.41) is 1.81. The molecule has 0 bridgehead atoms. The lowest BCUT2D eigenvalue weighted by Crippen LogP contribution is -1.95. The molecule has 3 nitrogen and oxygen atoms in total. The molecule has 0 radical (unpaired) electrons. The van der Waals surface area contributed by atoms with Crippen molar-refractivity contribution < 1.29 is 9.13 Å². The van der Waals surface area contributed by atoms with E-state index in [1.165, 1.54) is 12.1 Å². The average Bonchev–Trinajstić information content (AvgIpc) is 2.46. The van der Waals surface area contributed by atoms with Gasteiger partial charge in [0.1, 0.15) is 11.6 Å². The number of ether oxygens (including phenoxy) is 1. The van der Waals surface area contributed by atoms with E-state index in [0.717, 1.165) is 16.3 Å². The lowest BCUT2D eigenvalue weighted by Gasteiger charge is -2.12. The topological polar surface area (TPSA) is 48.1 Å². The Labute approximate surface area is 115 Å². The van der Waals surface area contributed by atoms with Crippen LogP contribution in [-0.4, -0.2) is 4.98 Å². The number of aromatic nitrogens is 1. The van der Waals surface area contributed by atoms with Crippen LogP contribution in [0.1, 0.15) is 5.56 Å². The molecule has 0 saturated heterocycles. The number of nitrogens with two attached hydrogens (primary N) is 1. The zero-order chi connectivity index (χ0) is 14.1. The van der Waals surface area contributed by atoms with E-state index in [1.54, 1.807) is 24.5 Å². The van der Waals surface area contributed by atoms with Crippen LogP contribution in [0.25, 0.3) is 10.8 Å². The summed E-state index contributed by atoms with van der Waals surface area (Å²) in [5.41, 5.74) is 7.48. The number of rotatable bonds is 2. The fourth-order valence-corrected chi connectivity index (χ4v) is 2.06. The normalized spacial score (nSPS) is 10.7. The SMILES string of the molecule is Cc1ccc(F)cc1Oc1ccc2cnccc2c1N. The van der Waals surface area contributed by atoms with Gasteiger partial charge in [-0.05, 0) is 36.8 Å². The molecule has 0 amide bonds. The van der Waals surface area contributed by atoms with Gasteiger partial charge in [-0.1, -0.05) is 6.07 Å². The summed E-state index contributed by atoms with van der Waals surface area (Å²) in [6, 6.07) is 9.90. The van der Waals surface area contributed by atoms with Gasteiger partial charge in [-0.25, -0.2) is 4.39 Å². The first-order valence-electron chi connectivity index (χ1n) is 6.21. The van der Waals surface area contributed by atoms with Crippen molar-refractivity contribution in [1.82, 2.24) is 4.98 Å². The summed E-state index contributed by atoms with van der Waals surface area (Å²) in [6.45, 7) is 1.86. The average molecular weight is 268 g/mol. The van der Waals surface area contributed by atoms with Gasteiger partial charge in [-0.2, -0.15) is 0 Å². The number of anilines is 1. The predicted molar refractivity (Wildman–Crippen MR) is 77.4 cm³/mol. The molecule has 3 rings (SSSR count). The summed E-state index contributed by atoms with van der Waals surface area (Å²) in [6.07, 6.45) is 3.42. The standard InChI is InChI=1S/C16H13FN2O/c1-10-2-4-12(17)8-15(10)20-14-5-3-11-9-19-7-6-13(11)16(14)18/h2-9H,18H2,1H3. The molecule has 0 atom stereocenters. The second-order valence-electron chi connectivity index (χ2n) is 4.59. The maximum atomic E-state index is 13.3. The summed E-state index contributed by atoms with van der Waals surface area (Å²) in [5.74, 6) is 0.636. The van der Waals surface area contributed by atoms with Crippen molar-refractivity contribution in [1.29, 1.82) is 0 Å². The molecule has 0 unspecified atom stereocenters. The van der Waals surface area contributed by atoms with Crippen LogP contribution < -0.4 is 10.5 Å². The minimum absolute atomic E-state index is 0.339. The third-order valence-corrected chi connectivity index (χ3v) is 3.19. The van der Waals surface area contributed by atoms with Crippen LogP contribution >= 0.6 is 0 Å². The lowest BCUT2D eigenvalue weighted by atomic mass is 10.1. The van der Waals surface area contributed by atoms with Crippen LogP contribution in [0, 0.1) is 12.7 Å². The second-order valence-corrected chi connectivity index (χ2v) is 4.59. The van der Waals surface area contributed by atoms with E-state index in [1.807, 2.05) is 19.1 Å². The van der Waals surface area contributed by atoms with E-state index in [4.69, 9.17) is 10.5 Å². The molecule has 0 aliphatic rings. The Morgan fingerprint density at radius 2 is 1.95 bits per heavy atom. The third-order valence-electron chi connectivity index (χ3n) is 3.19. The molecule has 2 aromatic carbocycles. The fourth-order valence-electron chi connectivity index (χ4n) is 2.06. The molecular formula is C16H13FN2O. The Morgan fingerprint density at radius 3 is 2.80 bits per heavy atom. The molecule has 4 heteroatoms. The first-order chi connectivity index (χ1) is 9.65. The number of aryl methyl sites for hydroxylation is 1. The number of hydrogen-bond donors (Lipinski definition) is 1. The van der Waals surface area contributed by atoms with Gasteiger partial charge in [0.05, 0.1) is 5.69 Å². The maximum Gasteiger partial charge on any atom is 0.150 e. The molecule has 0 aliphatic carbocycles. The van der Waals surface area contributed by atoms with Crippen LogP contribution in [-0.2, 0) is 0 Å². The number of nitrogens with zero attached hydrogens (tertiary/aromatic N) is 1. The molecule has 100 valence electrons. The van der Waals surface area contributed by atoms with Crippen LogP contribution in [0.3, 0.4) is 0 Å². The van der Waals surface area contributed by atoms with Crippen molar-refractivity contribution >= 4 is 16.5 Å². The first kappa shape index (κ1) is 12.4. The predicted octanol–water partition coefficient (Wildman–Crippen LogP) is 4.06. The van der Waals surface area contributed by atoms with Crippen molar-refractivity contribution in [2.24, 2.45) is 0 Å². The Kier molecular flexibility index (Phi) is 2.99. The first-order valence-corrected chi connectivity index (χ1v) is 6.21. The van der Waals surface area contributed by atoms with Crippen LogP contribution in [0.4, 0.5) is 10.1 Å². The largest absolute Gasteiger partial charge is 0.455 e. The highest BCUT2D eigenvalue weighted by Crippen LogP contribution is 2.34. The Bertz CT molecular complexity index is 787. The van der Waals surface area contributed by atoms with E-state index >= 15 is 0 Å². The van der Waals surface area contributed by atoms with Crippen molar-refractivity contribution in [3.8, 4) is 11.5 Å².